The van der Waals surface area contributed by atoms with Gasteiger partial charge in [0, 0.05) is 5.56 Å². The van der Waals surface area contributed by atoms with Crippen LogP contribution in [0.2, 0.25) is 0 Å². The first kappa shape index (κ1) is 17.0. The summed E-state index contributed by atoms with van der Waals surface area (Å²) in [6.45, 7) is 1.71. The Hall–Kier alpha value is -2.37. The third-order valence-corrected chi connectivity index (χ3v) is 4.10. The van der Waals surface area contributed by atoms with E-state index in [4.69, 9.17) is 4.74 Å². The summed E-state index contributed by atoms with van der Waals surface area (Å²) in [5.41, 5.74) is 0.513. The number of nitrogens with one attached hydrogen (secondary N) is 1. The van der Waals surface area contributed by atoms with Crippen LogP contribution in [0.25, 0.3) is 0 Å². The molecule has 3 unspecified atom stereocenters. The van der Waals surface area contributed by atoms with Gasteiger partial charge in [0.2, 0.25) is 5.91 Å². The zero-order valence-corrected chi connectivity index (χ0v) is 13.1. The van der Waals surface area contributed by atoms with Gasteiger partial charge in [0.05, 0.1) is 25.0 Å². The minimum Gasteiger partial charge on any atom is -0.496 e. The fraction of sp³-hybridized carbons (Fsp3) is 0.412. The Balaban J connectivity index is 2.14. The average molecular weight is 321 g/mol. The Morgan fingerprint density at radius 1 is 1.30 bits per heavy atom. The predicted octanol–water partition coefficient (Wildman–Crippen LogP) is 2.68. The van der Waals surface area contributed by atoms with Crippen molar-refractivity contribution < 1.29 is 23.8 Å². The molecule has 23 heavy (non-hydrogen) atoms. The Bertz CT molecular complexity index is 629. The van der Waals surface area contributed by atoms with E-state index < -0.39 is 29.7 Å². The molecule has 1 aromatic carbocycles. The standard InChI is InChI=1S/C17H20FNO4/c1-10(14-9-11(18)7-8-15(14)23-2)19-16(20)12-5-3-4-6-13(12)17(21)22/h3-4,7-10,12-13H,5-6H2,1-2H3,(H,19,20)(H,21,22). The largest absolute Gasteiger partial charge is 0.496 e. The third-order valence-electron chi connectivity index (χ3n) is 4.10. The number of hydrogen-bond donors (Lipinski definition) is 2. The fourth-order valence-electron chi connectivity index (χ4n) is 2.82. The van der Waals surface area contributed by atoms with Crippen LogP contribution in [0.1, 0.15) is 31.4 Å². The van der Waals surface area contributed by atoms with Crippen LogP contribution in [-0.4, -0.2) is 24.1 Å². The number of ether oxygens (including phenoxy) is 1. The maximum absolute atomic E-state index is 13.4. The number of carbonyl (C=O) groups excluding carboxylic acids is 1. The van der Waals surface area contributed by atoms with Gasteiger partial charge in [-0.15, -0.1) is 0 Å². The molecule has 0 bridgehead atoms. The van der Waals surface area contributed by atoms with Gasteiger partial charge in [0.1, 0.15) is 11.6 Å². The second-order valence-corrected chi connectivity index (χ2v) is 5.61. The quantitative estimate of drug-likeness (QED) is 0.818. The van der Waals surface area contributed by atoms with E-state index in [0.29, 0.717) is 24.2 Å². The maximum Gasteiger partial charge on any atom is 0.307 e. The summed E-state index contributed by atoms with van der Waals surface area (Å²) >= 11 is 0. The number of methoxy groups -OCH3 is 1. The summed E-state index contributed by atoms with van der Waals surface area (Å²) in [4.78, 5) is 23.7. The normalized spacial score (nSPS) is 21.5. The highest BCUT2D eigenvalue weighted by molar-refractivity contribution is 5.85. The highest BCUT2D eigenvalue weighted by atomic mass is 19.1. The number of carboxylic acid groups (broad SMARTS) is 1. The summed E-state index contributed by atoms with van der Waals surface area (Å²) in [6.07, 6.45) is 4.32. The van der Waals surface area contributed by atoms with Crippen molar-refractivity contribution in [1.29, 1.82) is 0 Å². The second-order valence-electron chi connectivity index (χ2n) is 5.61. The van der Waals surface area contributed by atoms with Crippen LogP contribution >= 0.6 is 0 Å². The summed E-state index contributed by atoms with van der Waals surface area (Å²) in [5.74, 6) is -2.64. The van der Waals surface area contributed by atoms with Crippen molar-refractivity contribution in [1.82, 2.24) is 5.32 Å². The Kier molecular flexibility index (Phi) is 5.36. The number of aliphatic carboxylic acids is 1. The van der Waals surface area contributed by atoms with E-state index in [0.717, 1.165) is 0 Å². The molecule has 0 aromatic heterocycles. The predicted molar refractivity (Wildman–Crippen MR) is 82.5 cm³/mol. The van der Waals surface area contributed by atoms with Crippen LogP contribution in [0.15, 0.2) is 30.4 Å². The molecule has 0 spiro atoms. The molecule has 2 rings (SSSR count). The van der Waals surface area contributed by atoms with Crippen molar-refractivity contribution in [3.63, 3.8) is 0 Å². The lowest BCUT2D eigenvalue weighted by Gasteiger charge is -2.26. The lowest BCUT2D eigenvalue weighted by molar-refractivity contribution is -0.147. The minimum absolute atomic E-state index is 0.338. The van der Waals surface area contributed by atoms with Gasteiger partial charge >= 0.3 is 5.97 Å². The molecular formula is C17H20FNO4. The van der Waals surface area contributed by atoms with Crippen LogP contribution in [0, 0.1) is 17.7 Å². The van der Waals surface area contributed by atoms with E-state index in [-0.39, 0.29) is 5.91 Å². The van der Waals surface area contributed by atoms with Crippen molar-refractivity contribution in [3.8, 4) is 5.75 Å². The molecule has 5 nitrogen and oxygen atoms in total. The first-order chi connectivity index (χ1) is 10.9. The zero-order valence-electron chi connectivity index (χ0n) is 13.1. The zero-order chi connectivity index (χ0) is 17.0. The van der Waals surface area contributed by atoms with Gasteiger partial charge in [0.25, 0.3) is 0 Å². The molecule has 0 radical (unpaired) electrons. The number of halogens is 1. The van der Waals surface area contributed by atoms with Crippen LogP contribution in [-0.2, 0) is 9.59 Å². The molecule has 1 aromatic rings. The molecule has 0 aliphatic heterocycles. The van der Waals surface area contributed by atoms with Gasteiger partial charge in [-0.25, -0.2) is 4.39 Å². The highest BCUT2D eigenvalue weighted by Gasteiger charge is 2.34. The first-order valence-corrected chi connectivity index (χ1v) is 7.45. The van der Waals surface area contributed by atoms with Crippen LogP contribution in [0.4, 0.5) is 4.39 Å². The fourth-order valence-corrected chi connectivity index (χ4v) is 2.82. The molecule has 0 saturated carbocycles. The SMILES string of the molecule is COc1ccc(F)cc1C(C)NC(=O)C1CC=CCC1C(=O)O. The third kappa shape index (κ3) is 3.88. The van der Waals surface area contributed by atoms with E-state index in [2.05, 4.69) is 5.32 Å². The molecule has 124 valence electrons. The van der Waals surface area contributed by atoms with Gasteiger partial charge in [0.15, 0.2) is 0 Å². The van der Waals surface area contributed by atoms with Crippen molar-refractivity contribution in [2.24, 2.45) is 11.8 Å². The number of allylic oxidation sites excluding steroid dienone is 2. The van der Waals surface area contributed by atoms with E-state index in [9.17, 15) is 19.1 Å². The van der Waals surface area contributed by atoms with Crippen LogP contribution < -0.4 is 10.1 Å². The smallest absolute Gasteiger partial charge is 0.307 e. The van der Waals surface area contributed by atoms with Crippen molar-refractivity contribution >= 4 is 11.9 Å². The van der Waals surface area contributed by atoms with Crippen LogP contribution in [0.3, 0.4) is 0 Å². The number of carboxylic acids is 1. The van der Waals surface area contributed by atoms with Crippen molar-refractivity contribution in [2.45, 2.75) is 25.8 Å². The summed E-state index contributed by atoms with van der Waals surface area (Å²) in [6, 6.07) is 3.59. The van der Waals surface area contributed by atoms with E-state index in [1.807, 2.05) is 6.08 Å². The van der Waals surface area contributed by atoms with Crippen molar-refractivity contribution in [2.75, 3.05) is 7.11 Å². The molecule has 0 saturated heterocycles. The second kappa shape index (κ2) is 7.26. The van der Waals surface area contributed by atoms with E-state index >= 15 is 0 Å². The van der Waals surface area contributed by atoms with Crippen molar-refractivity contribution in [3.05, 3.63) is 41.7 Å². The lowest BCUT2D eigenvalue weighted by atomic mass is 9.82. The van der Waals surface area contributed by atoms with Gasteiger partial charge in [-0.3, -0.25) is 9.59 Å². The molecule has 6 heteroatoms. The Morgan fingerprint density at radius 2 is 1.96 bits per heavy atom. The number of hydrogen-bond acceptors (Lipinski definition) is 3. The minimum atomic E-state index is -0.981. The van der Waals surface area contributed by atoms with Gasteiger partial charge < -0.3 is 15.2 Å². The number of benzene rings is 1. The average Bonchev–Trinajstić information content (AvgIpc) is 2.54. The molecule has 0 fully saturated rings. The van der Waals surface area contributed by atoms with Gasteiger partial charge in [-0.2, -0.15) is 0 Å². The maximum atomic E-state index is 13.4. The number of rotatable bonds is 5. The molecule has 3 atom stereocenters. The first-order valence-electron chi connectivity index (χ1n) is 7.45. The summed E-state index contributed by atoms with van der Waals surface area (Å²) in [5, 5.41) is 12.0. The highest BCUT2D eigenvalue weighted by Crippen LogP contribution is 2.29. The van der Waals surface area contributed by atoms with E-state index in [1.54, 1.807) is 13.0 Å². The number of carbonyl (C=O) groups is 2. The number of amides is 1. The lowest BCUT2D eigenvalue weighted by Crippen LogP contribution is -2.39. The topological polar surface area (TPSA) is 75.6 Å². The molecule has 2 N–H and O–H groups in total. The van der Waals surface area contributed by atoms with Gasteiger partial charge in [-0.1, -0.05) is 12.2 Å². The molecule has 1 aliphatic rings. The Labute approximate surface area is 134 Å². The van der Waals surface area contributed by atoms with Gasteiger partial charge in [-0.05, 0) is 38.0 Å². The molecule has 0 heterocycles. The Morgan fingerprint density at radius 3 is 2.57 bits per heavy atom. The summed E-state index contributed by atoms with van der Waals surface area (Å²) in [7, 11) is 1.47. The molecule has 1 aliphatic carbocycles. The summed E-state index contributed by atoms with van der Waals surface area (Å²) < 4.78 is 18.6. The van der Waals surface area contributed by atoms with E-state index in [1.165, 1.54) is 25.3 Å². The molecule has 1 amide bonds. The van der Waals surface area contributed by atoms with Crippen LogP contribution in [0.5, 0.6) is 5.75 Å². The monoisotopic (exact) mass is 321 g/mol. The molecular weight excluding hydrogens is 301 g/mol.